The zero-order chi connectivity index (χ0) is 13.7. The van der Waals surface area contributed by atoms with Gasteiger partial charge >= 0.3 is 0 Å². The number of thioether (sulfide) groups is 1. The summed E-state index contributed by atoms with van der Waals surface area (Å²) in [6.07, 6.45) is 3.80. The van der Waals surface area contributed by atoms with Crippen molar-refractivity contribution in [3.05, 3.63) is 58.3 Å². The Morgan fingerprint density at radius 2 is 2.00 bits per heavy atom. The number of rotatable bonds is 5. The molecule has 1 N–H and O–H groups in total. The van der Waals surface area contributed by atoms with E-state index in [1.54, 1.807) is 0 Å². The van der Waals surface area contributed by atoms with Gasteiger partial charge in [-0.25, -0.2) is 0 Å². The molecule has 2 nitrogen and oxygen atoms in total. The predicted molar refractivity (Wildman–Crippen MR) is 85.6 cm³/mol. The number of aryl methyl sites for hydroxylation is 1. The summed E-state index contributed by atoms with van der Waals surface area (Å²) in [7, 11) is 2.00. The van der Waals surface area contributed by atoms with Crippen LogP contribution in [0.1, 0.15) is 17.2 Å². The molecule has 0 saturated carbocycles. The fourth-order valence-electron chi connectivity index (χ4n) is 1.88. The van der Waals surface area contributed by atoms with Gasteiger partial charge in [-0.2, -0.15) is 0 Å². The molecular weight excluding hydrogens is 320 g/mol. The third-order valence-electron chi connectivity index (χ3n) is 3.03. The van der Waals surface area contributed by atoms with Crippen molar-refractivity contribution in [2.24, 2.45) is 0 Å². The lowest BCUT2D eigenvalue weighted by atomic mass is 10.1. The lowest BCUT2D eigenvalue weighted by Gasteiger charge is -2.18. The molecule has 100 valence electrons. The second-order valence-corrected chi connectivity index (χ2v) is 6.35. The third-order valence-corrected chi connectivity index (χ3v) is 4.67. The van der Waals surface area contributed by atoms with Crippen LogP contribution < -0.4 is 5.32 Å². The molecule has 0 aliphatic rings. The average molecular weight is 337 g/mol. The number of hydrogen-bond acceptors (Lipinski definition) is 3. The molecule has 1 unspecified atom stereocenters. The first kappa shape index (κ1) is 14.6. The summed E-state index contributed by atoms with van der Waals surface area (Å²) < 4.78 is 1.12. The highest BCUT2D eigenvalue weighted by molar-refractivity contribution is 9.10. The topological polar surface area (TPSA) is 24.9 Å². The summed E-state index contributed by atoms with van der Waals surface area (Å²) in [5.74, 6) is 0.991. The maximum atomic E-state index is 4.23. The summed E-state index contributed by atoms with van der Waals surface area (Å²) in [6.45, 7) is 2.13. The zero-order valence-corrected chi connectivity index (χ0v) is 13.5. The van der Waals surface area contributed by atoms with Crippen LogP contribution in [0.5, 0.6) is 0 Å². The molecule has 0 aliphatic carbocycles. The minimum atomic E-state index is 0.322. The minimum Gasteiger partial charge on any atom is -0.312 e. The Balaban J connectivity index is 2.04. The van der Waals surface area contributed by atoms with Crippen molar-refractivity contribution in [3.63, 3.8) is 0 Å². The molecule has 2 aromatic rings. The molecule has 1 heterocycles. The minimum absolute atomic E-state index is 0.322. The number of hydrogen-bond donors (Lipinski definition) is 1. The monoisotopic (exact) mass is 336 g/mol. The number of pyridine rings is 1. The summed E-state index contributed by atoms with van der Waals surface area (Å²) >= 11 is 5.31. The Bertz CT molecular complexity index is 528. The molecule has 1 aromatic heterocycles. The first-order valence-electron chi connectivity index (χ1n) is 6.17. The van der Waals surface area contributed by atoms with Crippen molar-refractivity contribution in [2.45, 2.75) is 17.9 Å². The molecular formula is C15H17BrN2S. The Hall–Kier alpha value is -0.840. The second-order valence-electron chi connectivity index (χ2n) is 4.34. The van der Waals surface area contributed by atoms with Crippen molar-refractivity contribution in [1.82, 2.24) is 10.3 Å². The van der Waals surface area contributed by atoms with Crippen LogP contribution in [0.3, 0.4) is 0 Å². The largest absolute Gasteiger partial charge is 0.312 e. The van der Waals surface area contributed by atoms with Crippen LogP contribution in [0.4, 0.5) is 0 Å². The van der Waals surface area contributed by atoms with Crippen LogP contribution in [0.15, 0.2) is 52.1 Å². The van der Waals surface area contributed by atoms with Gasteiger partial charge in [-0.15, -0.1) is 11.8 Å². The van der Waals surface area contributed by atoms with E-state index >= 15 is 0 Å². The van der Waals surface area contributed by atoms with Gasteiger partial charge in [0.2, 0.25) is 0 Å². The Kier molecular flexibility index (Phi) is 5.43. The van der Waals surface area contributed by atoms with E-state index in [0.29, 0.717) is 6.04 Å². The van der Waals surface area contributed by atoms with Crippen LogP contribution in [-0.4, -0.2) is 17.8 Å². The van der Waals surface area contributed by atoms with Crippen LogP contribution in [0.25, 0.3) is 0 Å². The SMILES string of the molecule is CNC(CSc1ccc(Br)cc1)c1cnccc1C. The highest BCUT2D eigenvalue weighted by Gasteiger charge is 2.12. The van der Waals surface area contributed by atoms with E-state index in [9.17, 15) is 0 Å². The highest BCUT2D eigenvalue weighted by atomic mass is 79.9. The lowest BCUT2D eigenvalue weighted by molar-refractivity contribution is 0.655. The molecule has 0 aliphatic heterocycles. The van der Waals surface area contributed by atoms with Gasteiger partial charge in [0.15, 0.2) is 0 Å². The molecule has 0 radical (unpaired) electrons. The predicted octanol–water partition coefficient (Wildman–Crippen LogP) is 4.21. The molecule has 0 fully saturated rings. The molecule has 0 bridgehead atoms. The highest BCUT2D eigenvalue weighted by Crippen LogP contribution is 2.26. The summed E-state index contributed by atoms with van der Waals surface area (Å²) in [5, 5.41) is 3.37. The second kappa shape index (κ2) is 7.08. The van der Waals surface area contributed by atoms with E-state index in [-0.39, 0.29) is 0 Å². The van der Waals surface area contributed by atoms with Gasteiger partial charge in [0.05, 0.1) is 0 Å². The third kappa shape index (κ3) is 4.06. The number of aromatic nitrogens is 1. The van der Waals surface area contributed by atoms with Crippen molar-refractivity contribution in [3.8, 4) is 0 Å². The lowest BCUT2D eigenvalue weighted by Crippen LogP contribution is -2.19. The van der Waals surface area contributed by atoms with Gasteiger partial charge in [-0.3, -0.25) is 4.98 Å². The standard InChI is InChI=1S/C15H17BrN2S/c1-11-7-8-18-9-14(11)15(17-2)10-19-13-5-3-12(16)4-6-13/h3-9,15,17H,10H2,1-2H3. The quantitative estimate of drug-likeness (QED) is 0.828. The van der Waals surface area contributed by atoms with Gasteiger partial charge in [0.25, 0.3) is 0 Å². The number of halogens is 1. The van der Waals surface area contributed by atoms with E-state index in [1.807, 2.05) is 31.2 Å². The maximum absolute atomic E-state index is 4.23. The molecule has 0 amide bonds. The van der Waals surface area contributed by atoms with E-state index < -0.39 is 0 Å². The van der Waals surface area contributed by atoms with Crippen molar-refractivity contribution >= 4 is 27.7 Å². The molecule has 4 heteroatoms. The average Bonchev–Trinajstić information content (AvgIpc) is 2.43. The summed E-state index contributed by atoms with van der Waals surface area (Å²) in [5.41, 5.74) is 2.56. The van der Waals surface area contributed by atoms with Gasteiger partial charge in [0.1, 0.15) is 0 Å². The van der Waals surface area contributed by atoms with Crippen molar-refractivity contribution < 1.29 is 0 Å². The first-order chi connectivity index (χ1) is 9.20. The normalized spacial score (nSPS) is 12.4. The van der Waals surface area contributed by atoms with Crippen LogP contribution in [-0.2, 0) is 0 Å². The Morgan fingerprint density at radius 3 is 2.63 bits per heavy atom. The molecule has 0 spiro atoms. The van der Waals surface area contributed by atoms with E-state index in [0.717, 1.165) is 10.2 Å². The van der Waals surface area contributed by atoms with Crippen molar-refractivity contribution in [1.29, 1.82) is 0 Å². The van der Waals surface area contributed by atoms with Gasteiger partial charge in [0, 0.05) is 33.6 Å². The van der Waals surface area contributed by atoms with E-state index in [1.165, 1.54) is 16.0 Å². The molecule has 0 saturated heterocycles. The summed E-state index contributed by atoms with van der Waals surface area (Å²) in [4.78, 5) is 5.51. The molecule has 2 rings (SSSR count). The van der Waals surface area contributed by atoms with Gasteiger partial charge in [-0.05, 0) is 55.4 Å². The molecule has 1 aromatic carbocycles. The fraction of sp³-hybridized carbons (Fsp3) is 0.267. The van der Waals surface area contributed by atoms with Crippen LogP contribution in [0, 0.1) is 6.92 Å². The zero-order valence-electron chi connectivity index (χ0n) is 11.1. The van der Waals surface area contributed by atoms with Gasteiger partial charge < -0.3 is 5.32 Å². The number of nitrogens with one attached hydrogen (secondary N) is 1. The number of benzene rings is 1. The first-order valence-corrected chi connectivity index (χ1v) is 7.94. The Morgan fingerprint density at radius 1 is 1.26 bits per heavy atom. The Labute approximate surface area is 127 Å². The van der Waals surface area contributed by atoms with Crippen molar-refractivity contribution in [2.75, 3.05) is 12.8 Å². The number of nitrogens with zero attached hydrogens (tertiary/aromatic N) is 1. The molecule has 1 atom stereocenters. The summed E-state index contributed by atoms with van der Waals surface area (Å²) in [6, 6.07) is 10.8. The van der Waals surface area contributed by atoms with E-state index in [4.69, 9.17) is 0 Å². The van der Waals surface area contributed by atoms with E-state index in [2.05, 4.69) is 63.5 Å². The van der Waals surface area contributed by atoms with Crippen LogP contribution >= 0.6 is 27.7 Å². The molecule has 19 heavy (non-hydrogen) atoms. The fourth-order valence-corrected chi connectivity index (χ4v) is 3.18. The van der Waals surface area contributed by atoms with Gasteiger partial charge in [-0.1, -0.05) is 15.9 Å². The van der Waals surface area contributed by atoms with Crippen LogP contribution in [0.2, 0.25) is 0 Å². The maximum Gasteiger partial charge on any atom is 0.0430 e. The smallest absolute Gasteiger partial charge is 0.0430 e.